The highest BCUT2D eigenvalue weighted by Crippen LogP contribution is 2.35. The van der Waals surface area contributed by atoms with E-state index < -0.39 is 23.8 Å². The van der Waals surface area contributed by atoms with Gasteiger partial charge in [-0.2, -0.15) is 18.3 Å². The van der Waals surface area contributed by atoms with Crippen LogP contribution in [0.2, 0.25) is 0 Å². The molecule has 0 aliphatic carbocycles. The second kappa shape index (κ2) is 6.20. The Kier molecular flexibility index (Phi) is 4.50. The number of aliphatic hydroxyl groups is 1. The molecule has 0 amide bonds. The van der Waals surface area contributed by atoms with Crippen LogP contribution in [0.15, 0.2) is 27.4 Å². The Balaban J connectivity index is 2.43. The number of anilines is 2. The van der Waals surface area contributed by atoms with Gasteiger partial charge in [0.05, 0.1) is 23.7 Å². The lowest BCUT2D eigenvalue weighted by molar-refractivity contribution is -0.131. The number of azo groups is 1. The zero-order valence-corrected chi connectivity index (χ0v) is 11.6. The SMILES string of the molecule is N=C1N=NC(C(F)(F)F)C1=Nc1cc(OCCO)c(N)cc1N. The Morgan fingerprint density at radius 3 is 2.61 bits per heavy atom. The molecule has 1 heterocycles. The molecular formula is C12H13F3N6O2. The monoisotopic (exact) mass is 330 g/mol. The van der Waals surface area contributed by atoms with Crippen LogP contribution in [0.3, 0.4) is 0 Å². The molecule has 1 aromatic rings. The van der Waals surface area contributed by atoms with Crippen LogP contribution in [0.5, 0.6) is 5.75 Å². The molecule has 23 heavy (non-hydrogen) atoms. The quantitative estimate of drug-likeness (QED) is 0.623. The van der Waals surface area contributed by atoms with E-state index in [9.17, 15) is 13.2 Å². The van der Waals surface area contributed by atoms with E-state index in [1.54, 1.807) is 0 Å². The molecule has 0 saturated heterocycles. The molecule has 0 saturated carbocycles. The van der Waals surface area contributed by atoms with Gasteiger partial charge in [-0.3, -0.25) is 5.41 Å². The summed E-state index contributed by atoms with van der Waals surface area (Å²) < 4.78 is 43.7. The first-order chi connectivity index (χ1) is 10.7. The van der Waals surface area contributed by atoms with Gasteiger partial charge in [-0.05, 0) is 6.07 Å². The van der Waals surface area contributed by atoms with E-state index >= 15 is 0 Å². The minimum Gasteiger partial charge on any atom is -0.489 e. The second-order valence-electron chi connectivity index (χ2n) is 4.53. The fourth-order valence-electron chi connectivity index (χ4n) is 1.80. The Morgan fingerprint density at radius 1 is 1.30 bits per heavy atom. The zero-order valence-electron chi connectivity index (χ0n) is 11.6. The van der Waals surface area contributed by atoms with Crippen molar-refractivity contribution in [2.24, 2.45) is 15.2 Å². The van der Waals surface area contributed by atoms with Crippen molar-refractivity contribution in [2.45, 2.75) is 12.2 Å². The van der Waals surface area contributed by atoms with Crippen molar-refractivity contribution in [1.82, 2.24) is 0 Å². The number of hydrogen-bond acceptors (Lipinski definition) is 7. The number of hydrogen-bond donors (Lipinski definition) is 4. The number of aliphatic imine (C=N–C) groups is 1. The summed E-state index contributed by atoms with van der Waals surface area (Å²) in [6.07, 6.45) is -4.72. The largest absolute Gasteiger partial charge is 0.489 e. The van der Waals surface area contributed by atoms with E-state index in [1.165, 1.54) is 12.1 Å². The Labute approximate surface area is 128 Å². The molecule has 124 valence electrons. The number of aliphatic hydroxyl groups excluding tert-OH is 1. The van der Waals surface area contributed by atoms with Crippen molar-refractivity contribution in [2.75, 3.05) is 24.7 Å². The number of nitrogens with two attached hydrogens (primary N) is 2. The van der Waals surface area contributed by atoms with Crippen molar-refractivity contribution in [3.8, 4) is 5.75 Å². The number of rotatable bonds is 4. The number of nitrogens with zero attached hydrogens (tertiary/aromatic N) is 3. The first kappa shape index (κ1) is 16.7. The standard InChI is InChI=1S/C12H13F3N6O2/c13-12(14,15)10-9(11(18)21-20-10)19-7-4-8(23-2-1-22)6(17)3-5(7)16/h3-4,10,18,22H,1-2,16-17H2. The van der Waals surface area contributed by atoms with Crippen LogP contribution in [0, 0.1) is 5.41 Å². The normalized spacial score (nSPS) is 19.6. The lowest BCUT2D eigenvalue weighted by atomic mass is 10.1. The number of nitrogens with one attached hydrogen (secondary N) is 1. The van der Waals surface area contributed by atoms with Crippen molar-refractivity contribution in [1.29, 1.82) is 5.41 Å². The minimum absolute atomic E-state index is 0.00646. The van der Waals surface area contributed by atoms with Crippen LogP contribution in [0.25, 0.3) is 0 Å². The minimum atomic E-state index is -4.72. The lowest BCUT2D eigenvalue weighted by Gasteiger charge is -2.13. The molecule has 11 heteroatoms. The maximum absolute atomic E-state index is 12.9. The van der Waals surface area contributed by atoms with Crippen LogP contribution in [0.1, 0.15) is 0 Å². The molecule has 0 aromatic heterocycles. The number of ether oxygens (including phenoxy) is 1. The highest BCUT2D eigenvalue weighted by molar-refractivity contribution is 6.44. The summed E-state index contributed by atoms with van der Waals surface area (Å²) in [5, 5.41) is 22.3. The van der Waals surface area contributed by atoms with Crippen molar-refractivity contribution >= 4 is 28.6 Å². The van der Waals surface area contributed by atoms with Gasteiger partial charge >= 0.3 is 6.18 Å². The third-order valence-corrected chi connectivity index (χ3v) is 2.83. The summed E-state index contributed by atoms with van der Waals surface area (Å²) >= 11 is 0. The van der Waals surface area contributed by atoms with Gasteiger partial charge in [0.15, 0.2) is 5.84 Å². The summed E-state index contributed by atoms with van der Waals surface area (Å²) in [5.74, 6) is -0.587. The fourth-order valence-corrected chi connectivity index (χ4v) is 1.80. The highest BCUT2D eigenvalue weighted by Gasteiger charge is 2.48. The Morgan fingerprint density at radius 2 is 2.00 bits per heavy atom. The van der Waals surface area contributed by atoms with Gasteiger partial charge in [0.1, 0.15) is 18.1 Å². The van der Waals surface area contributed by atoms with E-state index in [-0.39, 0.29) is 36.0 Å². The van der Waals surface area contributed by atoms with Gasteiger partial charge in [-0.15, -0.1) is 5.11 Å². The van der Waals surface area contributed by atoms with Gasteiger partial charge in [0.2, 0.25) is 6.04 Å². The molecule has 8 nitrogen and oxygen atoms in total. The second-order valence-corrected chi connectivity index (χ2v) is 4.53. The van der Waals surface area contributed by atoms with Crippen LogP contribution >= 0.6 is 0 Å². The molecule has 6 N–H and O–H groups in total. The van der Waals surface area contributed by atoms with Gasteiger partial charge in [-0.1, -0.05) is 0 Å². The predicted octanol–water partition coefficient (Wildman–Crippen LogP) is 1.67. The lowest BCUT2D eigenvalue weighted by Crippen LogP contribution is -2.34. The van der Waals surface area contributed by atoms with E-state index in [1.807, 2.05) is 0 Å². The summed E-state index contributed by atoms with van der Waals surface area (Å²) in [7, 11) is 0. The Hall–Kier alpha value is -2.69. The average molecular weight is 330 g/mol. The summed E-state index contributed by atoms with van der Waals surface area (Å²) in [6.45, 7) is -0.331. The highest BCUT2D eigenvalue weighted by atomic mass is 19.4. The number of halogens is 3. The molecule has 0 spiro atoms. The number of amidine groups is 1. The van der Waals surface area contributed by atoms with Gasteiger partial charge < -0.3 is 21.3 Å². The number of nitrogen functional groups attached to an aromatic ring is 2. The summed E-state index contributed by atoms with van der Waals surface area (Å²) in [6, 6.07) is 0.183. The van der Waals surface area contributed by atoms with Crippen LogP contribution < -0.4 is 16.2 Å². The fraction of sp³-hybridized carbons (Fsp3) is 0.333. The third kappa shape index (κ3) is 3.56. The molecule has 1 aromatic carbocycles. The predicted molar refractivity (Wildman–Crippen MR) is 77.4 cm³/mol. The average Bonchev–Trinajstić information content (AvgIpc) is 2.82. The topological polar surface area (TPSA) is 142 Å². The summed E-state index contributed by atoms with van der Waals surface area (Å²) in [4.78, 5) is 3.76. The number of alkyl halides is 3. The van der Waals surface area contributed by atoms with Crippen LogP contribution in [-0.2, 0) is 0 Å². The molecule has 1 atom stereocenters. The molecule has 1 aliphatic heterocycles. The van der Waals surface area contributed by atoms with Gasteiger partial charge in [0, 0.05) is 6.07 Å². The van der Waals surface area contributed by atoms with Crippen molar-refractivity contribution in [3.05, 3.63) is 12.1 Å². The molecule has 0 fully saturated rings. The van der Waals surface area contributed by atoms with Gasteiger partial charge in [-0.25, -0.2) is 4.99 Å². The first-order valence-electron chi connectivity index (χ1n) is 6.31. The summed E-state index contributed by atoms with van der Waals surface area (Å²) in [5.41, 5.74) is 10.8. The van der Waals surface area contributed by atoms with Gasteiger partial charge in [0.25, 0.3) is 0 Å². The maximum atomic E-state index is 12.9. The van der Waals surface area contributed by atoms with E-state index in [0.717, 1.165) is 0 Å². The van der Waals surface area contributed by atoms with Crippen molar-refractivity contribution < 1.29 is 23.0 Å². The van der Waals surface area contributed by atoms with Crippen LogP contribution in [-0.4, -0.2) is 42.1 Å². The molecular weight excluding hydrogens is 317 g/mol. The molecule has 0 bridgehead atoms. The Bertz CT molecular complexity index is 686. The van der Waals surface area contributed by atoms with E-state index in [0.29, 0.717) is 0 Å². The smallest absolute Gasteiger partial charge is 0.418 e. The first-order valence-corrected chi connectivity index (χ1v) is 6.31. The molecule has 1 unspecified atom stereocenters. The third-order valence-electron chi connectivity index (χ3n) is 2.83. The van der Waals surface area contributed by atoms with Crippen LogP contribution in [0.4, 0.5) is 30.2 Å². The maximum Gasteiger partial charge on any atom is 0.418 e. The molecule has 2 rings (SSSR count). The van der Waals surface area contributed by atoms with E-state index in [4.69, 9.17) is 26.7 Å². The molecule has 0 radical (unpaired) electrons. The zero-order chi connectivity index (χ0) is 17.2. The van der Waals surface area contributed by atoms with Crippen molar-refractivity contribution in [3.63, 3.8) is 0 Å². The number of benzene rings is 1. The van der Waals surface area contributed by atoms with E-state index in [2.05, 4.69) is 15.2 Å². The molecule has 1 aliphatic rings.